The van der Waals surface area contributed by atoms with Gasteiger partial charge in [-0.2, -0.15) is 0 Å². The van der Waals surface area contributed by atoms with E-state index in [1.165, 1.54) is 5.01 Å². The minimum atomic E-state index is -0.538. The summed E-state index contributed by atoms with van der Waals surface area (Å²) in [5.41, 5.74) is 8.66. The lowest BCUT2D eigenvalue weighted by atomic mass is 9.95. The van der Waals surface area contributed by atoms with Crippen LogP contribution in [0.1, 0.15) is 49.1 Å². The molecule has 0 unspecified atom stereocenters. The van der Waals surface area contributed by atoms with Gasteiger partial charge in [-0.1, -0.05) is 41.4 Å². The van der Waals surface area contributed by atoms with E-state index in [0.717, 1.165) is 27.9 Å². The van der Waals surface area contributed by atoms with Gasteiger partial charge in [-0.05, 0) is 68.3 Å². The molecule has 0 saturated carbocycles. The second-order valence-electron chi connectivity index (χ2n) is 7.53. The zero-order valence-electron chi connectivity index (χ0n) is 17.0. The third-order valence-electron chi connectivity index (χ3n) is 5.27. The predicted molar refractivity (Wildman–Crippen MR) is 119 cm³/mol. The van der Waals surface area contributed by atoms with Crippen molar-refractivity contribution in [1.82, 2.24) is 10.4 Å². The van der Waals surface area contributed by atoms with Crippen LogP contribution >= 0.6 is 11.6 Å². The molecule has 2 amide bonds. The van der Waals surface area contributed by atoms with Gasteiger partial charge in [0, 0.05) is 21.8 Å². The molecule has 0 fully saturated rings. The molecular weight excluding hydrogens is 398 g/mol. The first-order valence-electron chi connectivity index (χ1n) is 9.68. The highest BCUT2D eigenvalue weighted by molar-refractivity contribution is 6.30. The highest BCUT2D eigenvalue weighted by Gasteiger charge is 2.35. The number of nitrogens with zero attached hydrogens (tertiary/aromatic N) is 1. The highest BCUT2D eigenvalue weighted by atomic mass is 35.5. The summed E-state index contributed by atoms with van der Waals surface area (Å²) in [7, 11) is 0. The van der Waals surface area contributed by atoms with Crippen LogP contribution in [-0.2, 0) is 0 Å². The summed E-state index contributed by atoms with van der Waals surface area (Å²) in [4.78, 5) is 26.3. The number of halogens is 1. The maximum Gasteiger partial charge on any atom is 0.276 e. The standard InChI is InChI=1S/C24H22ClN3O2/c1-14-12-15(2)21(16(3)13-14)22-26-20-7-5-4-6-19(20)24(30)28(22)27-23(29)17-8-10-18(25)11-9-17/h4-13,22,26H,1-3H3,(H,27,29)/t22-/m0/s1. The van der Waals surface area contributed by atoms with Gasteiger partial charge in [0.2, 0.25) is 0 Å². The van der Waals surface area contributed by atoms with Gasteiger partial charge < -0.3 is 5.32 Å². The molecule has 0 radical (unpaired) electrons. The van der Waals surface area contributed by atoms with Crippen LogP contribution in [-0.4, -0.2) is 16.8 Å². The van der Waals surface area contributed by atoms with E-state index in [9.17, 15) is 9.59 Å². The average molecular weight is 420 g/mol. The Morgan fingerprint density at radius 2 is 1.63 bits per heavy atom. The molecule has 1 aliphatic heterocycles. The lowest BCUT2D eigenvalue weighted by Crippen LogP contribution is -2.53. The minimum absolute atomic E-state index is 0.268. The van der Waals surface area contributed by atoms with Crippen molar-refractivity contribution in [2.45, 2.75) is 26.9 Å². The van der Waals surface area contributed by atoms with Crippen molar-refractivity contribution in [2.75, 3.05) is 5.32 Å². The number of benzene rings is 3. The number of aryl methyl sites for hydroxylation is 3. The van der Waals surface area contributed by atoms with Gasteiger partial charge in [0.25, 0.3) is 11.8 Å². The molecule has 2 N–H and O–H groups in total. The number of carbonyl (C=O) groups excluding carboxylic acids is 2. The van der Waals surface area contributed by atoms with Crippen LogP contribution < -0.4 is 10.7 Å². The number of carbonyl (C=O) groups is 2. The summed E-state index contributed by atoms with van der Waals surface area (Å²) in [6.45, 7) is 6.07. The van der Waals surface area contributed by atoms with E-state index >= 15 is 0 Å². The van der Waals surface area contributed by atoms with Crippen LogP contribution in [0.5, 0.6) is 0 Å². The summed E-state index contributed by atoms with van der Waals surface area (Å²) in [6, 6.07) is 18.0. The zero-order valence-corrected chi connectivity index (χ0v) is 17.7. The van der Waals surface area contributed by atoms with E-state index in [1.807, 2.05) is 32.9 Å². The van der Waals surface area contributed by atoms with Crippen molar-refractivity contribution in [3.63, 3.8) is 0 Å². The first kappa shape index (κ1) is 20.0. The Morgan fingerprint density at radius 1 is 1.00 bits per heavy atom. The van der Waals surface area contributed by atoms with E-state index in [2.05, 4.69) is 22.9 Å². The average Bonchev–Trinajstić information content (AvgIpc) is 2.70. The molecule has 30 heavy (non-hydrogen) atoms. The Balaban J connectivity index is 1.77. The van der Waals surface area contributed by atoms with Crippen LogP contribution in [0.2, 0.25) is 5.02 Å². The molecule has 1 heterocycles. The first-order valence-corrected chi connectivity index (χ1v) is 10.1. The van der Waals surface area contributed by atoms with Gasteiger partial charge >= 0.3 is 0 Å². The second-order valence-corrected chi connectivity index (χ2v) is 7.96. The van der Waals surface area contributed by atoms with Crippen molar-refractivity contribution in [3.05, 3.63) is 99.1 Å². The normalized spacial score (nSPS) is 15.4. The van der Waals surface area contributed by atoms with Crippen molar-refractivity contribution in [1.29, 1.82) is 0 Å². The van der Waals surface area contributed by atoms with Gasteiger partial charge in [0.1, 0.15) is 6.17 Å². The van der Waals surface area contributed by atoms with Crippen LogP contribution in [0, 0.1) is 20.8 Å². The molecule has 1 atom stereocenters. The molecule has 0 bridgehead atoms. The highest BCUT2D eigenvalue weighted by Crippen LogP contribution is 2.35. The van der Waals surface area contributed by atoms with Crippen LogP contribution in [0.25, 0.3) is 0 Å². The second kappa shape index (κ2) is 7.84. The van der Waals surface area contributed by atoms with E-state index in [4.69, 9.17) is 11.6 Å². The van der Waals surface area contributed by atoms with E-state index in [-0.39, 0.29) is 11.8 Å². The minimum Gasteiger partial charge on any atom is -0.359 e. The molecule has 6 heteroatoms. The Kier molecular flexibility index (Phi) is 5.22. The molecular formula is C24H22ClN3O2. The molecule has 0 aliphatic carbocycles. The van der Waals surface area contributed by atoms with Gasteiger partial charge in [0.15, 0.2) is 0 Å². The molecule has 0 aromatic heterocycles. The molecule has 1 aliphatic rings. The zero-order chi connectivity index (χ0) is 21.4. The molecule has 3 aromatic rings. The van der Waals surface area contributed by atoms with Crippen LogP contribution in [0.4, 0.5) is 5.69 Å². The summed E-state index contributed by atoms with van der Waals surface area (Å²) in [6.07, 6.45) is -0.538. The van der Waals surface area contributed by atoms with Crippen molar-refractivity contribution >= 4 is 29.1 Å². The maximum atomic E-state index is 13.4. The fourth-order valence-electron chi connectivity index (χ4n) is 3.97. The summed E-state index contributed by atoms with van der Waals surface area (Å²) in [5.74, 6) is -0.648. The number of rotatable bonds is 3. The van der Waals surface area contributed by atoms with Gasteiger partial charge in [-0.15, -0.1) is 0 Å². The lowest BCUT2D eigenvalue weighted by Gasteiger charge is -2.39. The fourth-order valence-corrected chi connectivity index (χ4v) is 4.09. The molecule has 152 valence electrons. The lowest BCUT2D eigenvalue weighted by molar-refractivity contribution is 0.0489. The molecule has 3 aromatic carbocycles. The van der Waals surface area contributed by atoms with Crippen molar-refractivity contribution in [2.24, 2.45) is 0 Å². The maximum absolute atomic E-state index is 13.4. The summed E-state index contributed by atoms with van der Waals surface area (Å²) >= 11 is 5.93. The molecule has 4 rings (SSSR count). The number of anilines is 1. The molecule has 5 nitrogen and oxygen atoms in total. The SMILES string of the molecule is Cc1cc(C)c([C@H]2Nc3ccccc3C(=O)N2NC(=O)c2ccc(Cl)cc2)c(C)c1. The van der Waals surface area contributed by atoms with Crippen LogP contribution in [0.3, 0.4) is 0 Å². The number of nitrogens with one attached hydrogen (secondary N) is 2. The molecule has 0 saturated heterocycles. The summed E-state index contributed by atoms with van der Waals surface area (Å²) in [5, 5.41) is 5.35. The van der Waals surface area contributed by atoms with E-state index in [1.54, 1.807) is 36.4 Å². The van der Waals surface area contributed by atoms with Crippen molar-refractivity contribution in [3.8, 4) is 0 Å². The number of hydrogen-bond acceptors (Lipinski definition) is 3. The molecule has 0 spiro atoms. The summed E-state index contributed by atoms with van der Waals surface area (Å²) < 4.78 is 0. The topological polar surface area (TPSA) is 61.4 Å². The number of fused-ring (bicyclic) bond motifs is 1. The largest absolute Gasteiger partial charge is 0.359 e. The van der Waals surface area contributed by atoms with Crippen LogP contribution in [0.15, 0.2) is 60.7 Å². The number of amides is 2. The Morgan fingerprint density at radius 3 is 2.30 bits per heavy atom. The van der Waals surface area contributed by atoms with Gasteiger partial charge in [0.05, 0.1) is 5.56 Å². The van der Waals surface area contributed by atoms with Crippen molar-refractivity contribution < 1.29 is 9.59 Å². The van der Waals surface area contributed by atoms with Gasteiger partial charge in [-0.3, -0.25) is 15.0 Å². The Hall–Kier alpha value is -3.31. The van der Waals surface area contributed by atoms with Gasteiger partial charge in [-0.25, -0.2) is 5.01 Å². The third kappa shape index (κ3) is 3.64. The monoisotopic (exact) mass is 419 g/mol. The predicted octanol–water partition coefficient (Wildman–Crippen LogP) is 5.18. The van der Waals surface area contributed by atoms with E-state index in [0.29, 0.717) is 16.1 Å². The number of para-hydroxylation sites is 1. The third-order valence-corrected chi connectivity index (χ3v) is 5.52. The fraction of sp³-hybridized carbons (Fsp3) is 0.167. The van der Waals surface area contributed by atoms with E-state index < -0.39 is 6.17 Å². The first-order chi connectivity index (χ1) is 14.3. The number of hydrazine groups is 1. The quantitative estimate of drug-likeness (QED) is 0.615. The smallest absolute Gasteiger partial charge is 0.276 e. The Bertz CT molecular complexity index is 1120. The number of hydrogen-bond donors (Lipinski definition) is 2. The Labute approximate surface area is 180 Å².